The molecule has 1 amide bonds. The Balaban J connectivity index is 2.53. The Hall–Kier alpha value is -1.83. The molecule has 4 heteroatoms. The Morgan fingerprint density at radius 1 is 0.794 bits per heavy atom. The molecule has 1 aromatic rings. The molecule has 0 aromatic heterocycles. The molecular weight excluding hydrogens is 422 g/mol. The fourth-order valence-electron chi connectivity index (χ4n) is 4.07. The van der Waals surface area contributed by atoms with Gasteiger partial charge in [0.1, 0.15) is 0 Å². The van der Waals surface area contributed by atoms with Crippen LogP contribution < -0.4 is 0 Å². The van der Waals surface area contributed by atoms with Crippen molar-refractivity contribution in [3.8, 4) is 11.8 Å². The first-order chi connectivity index (χ1) is 16.6. The van der Waals surface area contributed by atoms with E-state index in [1.165, 1.54) is 57.8 Å². The van der Waals surface area contributed by atoms with E-state index in [1.807, 2.05) is 39.1 Å². The van der Waals surface area contributed by atoms with E-state index in [4.69, 9.17) is 9.47 Å². The molecule has 0 radical (unpaired) electrons. The van der Waals surface area contributed by atoms with Crippen LogP contribution in [-0.4, -0.2) is 37.4 Å². The van der Waals surface area contributed by atoms with Crippen molar-refractivity contribution in [3.63, 3.8) is 0 Å². The van der Waals surface area contributed by atoms with Crippen LogP contribution in [0.3, 0.4) is 0 Å². The van der Waals surface area contributed by atoms with Crippen molar-refractivity contribution >= 4 is 5.91 Å². The molecule has 1 rings (SSSR count). The smallest absolute Gasteiger partial charge is 0.237 e. The molecule has 0 saturated heterocycles. The molecule has 0 aliphatic heterocycles. The van der Waals surface area contributed by atoms with Crippen LogP contribution in [0.5, 0.6) is 0 Å². The maximum Gasteiger partial charge on any atom is 0.237 e. The van der Waals surface area contributed by atoms with Crippen molar-refractivity contribution in [3.05, 3.63) is 35.9 Å². The van der Waals surface area contributed by atoms with Crippen LogP contribution in [0.15, 0.2) is 30.3 Å². The molecule has 0 heterocycles. The third kappa shape index (κ3) is 14.4. The molecule has 192 valence electrons. The van der Waals surface area contributed by atoms with Crippen LogP contribution in [0.25, 0.3) is 0 Å². The number of rotatable bonds is 19. The van der Waals surface area contributed by atoms with Gasteiger partial charge in [0.15, 0.2) is 0 Å². The van der Waals surface area contributed by atoms with Crippen LogP contribution in [-0.2, 0) is 20.8 Å². The zero-order valence-electron chi connectivity index (χ0n) is 22.3. The van der Waals surface area contributed by atoms with Gasteiger partial charge in [-0.15, -0.1) is 0 Å². The van der Waals surface area contributed by atoms with Gasteiger partial charge in [-0.05, 0) is 31.8 Å². The van der Waals surface area contributed by atoms with Gasteiger partial charge in [0, 0.05) is 26.8 Å². The number of carbonyl (C=O) groups is 1. The second-order valence-corrected chi connectivity index (χ2v) is 9.09. The van der Waals surface area contributed by atoms with Crippen molar-refractivity contribution in [2.24, 2.45) is 5.92 Å². The lowest BCUT2D eigenvalue weighted by Crippen LogP contribution is -2.32. The number of unbranched alkanes of at least 4 members (excludes halogenated alkanes) is 10. The molecule has 4 nitrogen and oxygen atoms in total. The lowest BCUT2D eigenvalue weighted by Gasteiger charge is -2.21. The summed E-state index contributed by atoms with van der Waals surface area (Å²) >= 11 is 0. The number of carbonyl (C=O) groups excluding carboxylic acids is 1. The fourth-order valence-corrected chi connectivity index (χ4v) is 4.07. The lowest BCUT2D eigenvalue weighted by atomic mass is 9.98. The van der Waals surface area contributed by atoms with Gasteiger partial charge >= 0.3 is 0 Å². The monoisotopic (exact) mass is 471 g/mol. The standard InChI is InChI=1S/C30H49NO3/c1-5-8-9-10-11-12-13-14-15-16-20-23-28(24-25-29(33-6-2)34-7-3)30(32)31(4)26-27-21-18-17-19-22-27/h17-19,21-22,28-29H,5-16,20,23,26H2,1-4H3. The number of ether oxygens (including phenoxy) is 2. The minimum absolute atomic E-state index is 0.0789. The van der Waals surface area contributed by atoms with Gasteiger partial charge in [-0.25, -0.2) is 0 Å². The first kappa shape index (κ1) is 30.2. The normalized spacial score (nSPS) is 11.8. The summed E-state index contributed by atoms with van der Waals surface area (Å²) in [5.41, 5.74) is 1.13. The third-order valence-corrected chi connectivity index (χ3v) is 6.04. The summed E-state index contributed by atoms with van der Waals surface area (Å²) in [6.07, 6.45) is 14.5. The van der Waals surface area contributed by atoms with Gasteiger partial charge in [0.05, 0.1) is 5.92 Å². The molecule has 0 aliphatic carbocycles. The molecule has 0 fully saturated rings. The van der Waals surface area contributed by atoms with E-state index in [2.05, 4.69) is 30.9 Å². The summed E-state index contributed by atoms with van der Waals surface area (Å²) in [7, 11) is 1.87. The third-order valence-electron chi connectivity index (χ3n) is 6.04. The summed E-state index contributed by atoms with van der Waals surface area (Å²) in [6, 6.07) is 10.1. The Kier molecular flexibility index (Phi) is 18.2. The maximum atomic E-state index is 13.2. The summed E-state index contributed by atoms with van der Waals surface area (Å²) < 4.78 is 11.1. The molecule has 0 spiro atoms. The average molecular weight is 472 g/mol. The SMILES string of the molecule is CCCCCCCCCCCCCC(C#CC(OCC)OCC)C(=O)N(C)Cc1ccccc1. The van der Waals surface area contributed by atoms with E-state index in [1.54, 1.807) is 4.90 Å². The molecule has 0 bridgehead atoms. The lowest BCUT2D eigenvalue weighted by molar-refractivity contribution is -0.133. The highest BCUT2D eigenvalue weighted by Crippen LogP contribution is 2.17. The molecule has 0 N–H and O–H groups in total. The molecule has 0 aliphatic rings. The summed E-state index contributed by atoms with van der Waals surface area (Å²) in [5, 5.41) is 0. The Labute approximate surface area is 209 Å². The minimum Gasteiger partial charge on any atom is -0.342 e. The van der Waals surface area contributed by atoms with Crippen LogP contribution >= 0.6 is 0 Å². The predicted molar refractivity (Wildman–Crippen MR) is 142 cm³/mol. The van der Waals surface area contributed by atoms with Crippen LogP contribution in [0, 0.1) is 17.8 Å². The van der Waals surface area contributed by atoms with E-state index in [0.717, 1.165) is 24.8 Å². The molecule has 0 saturated carbocycles. The first-order valence-corrected chi connectivity index (χ1v) is 13.6. The zero-order valence-corrected chi connectivity index (χ0v) is 22.3. The zero-order chi connectivity index (χ0) is 24.9. The topological polar surface area (TPSA) is 38.8 Å². The van der Waals surface area contributed by atoms with Gasteiger partial charge in [0.2, 0.25) is 12.2 Å². The summed E-state index contributed by atoms with van der Waals surface area (Å²) in [6.45, 7) is 7.77. The predicted octanol–water partition coefficient (Wildman–Crippen LogP) is 7.36. The van der Waals surface area contributed by atoms with E-state index >= 15 is 0 Å². The van der Waals surface area contributed by atoms with E-state index in [0.29, 0.717) is 19.8 Å². The van der Waals surface area contributed by atoms with Crippen LogP contribution in [0.2, 0.25) is 0 Å². The molecule has 1 atom stereocenters. The average Bonchev–Trinajstić information content (AvgIpc) is 2.84. The quantitative estimate of drug-likeness (QED) is 0.120. The number of nitrogens with zero attached hydrogens (tertiary/aromatic N) is 1. The van der Waals surface area contributed by atoms with E-state index < -0.39 is 6.29 Å². The summed E-state index contributed by atoms with van der Waals surface area (Å²) in [4.78, 5) is 15.0. The van der Waals surface area contributed by atoms with Gasteiger partial charge in [-0.3, -0.25) is 4.79 Å². The van der Waals surface area contributed by atoms with Crippen molar-refractivity contribution in [1.82, 2.24) is 4.90 Å². The van der Waals surface area contributed by atoms with Crippen LogP contribution in [0.4, 0.5) is 0 Å². The maximum absolute atomic E-state index is 13.2. The highest BCUT2D eigenvalue weighted by atomic mass is 16.7. The summed E-state index contributed by atoms with van der Waals surface area (Å²) in [5.74, 6) is 6.02. The second-order valence-electron chi connectivity index (χ2n) is 9.09. The van der Waals surface area contributed by atoms with E-state index in [9.17, 15) is 4.79 Å². The number of amides is 1. The van der Waals surface area contributed by atoms with Crippen molar-refractivity contribution in [1.29, 1.82) is 0 Å². The first-order valence-electron chi connectivity index (χ1n) is 13.6. The van der Waals surface area contributed by atoms with Gasteiger partial charge in [-0.1, -0.05) is 114 Å². The molecule has 1 unspecified atom stereocenters. The van der Waals surface area contributed by atoms with E-state index in [-0.39, 0.29) is 11.8 Å². The van der Waals surface area contributed by atoms with Crippen molar-refractivity contribution in [2.75, 3.05) is 20.3 Å². The molecule has 1 aromatic carbocycles. The Bertz CT molecular complexity index is 673. The fraction of sp³-hybridized carbons (Fsp3) is 0.700. The van der Waals surface area contributed by atoms with Gasteiger partial charge in [-0.2, -0.15) is 0 Å². The van der Waals surface area contributed by atoms with Crippen molar-refractivity contribution < 1.29 is 14.3 Å². The van der Waals surface area contributed by atoms with Crippen molar-refractivity contribution in [2.45, 2.75) is 111 Å². The number of hydrogen-bond acceptors (Lipinski definition) is 3. The minimum atomic E-state index is -0.568. The largest absolute Gasteiger partial charge is 0.342 e. The Morgan fingerprint density at radius 2 is 1.32 bits per heavy atom. The van der Waals surface area contributed by atoms with Gasteiger partial charge < -0.3 is 14.4 Å². The molecule has 34 heavy (non-hydrogen) atoms. The number of hydrogen-bond donors (Lipinski definition) is 0. The second kappa shape index (κ2) is 20.5. The number of benzene rings is 1. The highest BCUT2D eigenvalue weighted by molar-refractivity contribution is 5.81. The Morgan fingerprint density at radius 3 is 1.85 bits per heavy atom. The van der Waals surface area contributed by atoms with Gasteiger partial charge in [0.25, 0.3) is 0 Å². The molecular formula is C30H49NO3. The highest BCUT2D eigenvalue weighted by Gasteiger charge is 2.20. The van der Waals surface area contributed by atoms with Crippen LogP contribution in [0.1, 0.15) is 103 Å².